The van der Waals surface area contributed by atoms with E-state index in [1.54, 1.807) is 0 Å². The summed E-state index contributed by atoms with van der Waals surface area (Å²) in [6.07, 6.45) is 1.98. The highest BCUT2D eigenvalue weighted by Gasteiger charge is 2.06. The van der Waals surface area contributed by atoms with Crippen LogP contribution < -0.4 is 5.32 Å². The summed E-state index contributed by atoms with van der Waals surface area (Å²) >= 11 is 12.3. The van der Waals surface area contributed by atoms with Crippen LogP contribution in [-0.2, 0) is 6.54 Å². The monoisotopic (exact) mass is 297 g/mol. The normalized spacial score (nSPS) is 11.1. The molecule has 0 radical (unpaired) electrons. The standard InChI is InChI=1S/C14H17Cl2N3/c1-9(2)19-5-4-11(18-19)8-17-14-7-12(15)10(3)6-13(14)16/h4-7,9,17H,8H2,1-3H3. The fraction of sp³-hybridized carbons (Fsp3) is 0.357. The first kappa shape index (κ1) is 14.2. The van der Waals surface area contributed by atoms with Crippen LogP contribution in [0.15, 0.2) is 24.4 Å². The van der Waals surface area contributed by atoms with Gasteiger partial charge in [-0.05, 0) is 44.5 Å². The maximum Gasteiger partial charge on any atom is 0.0815 e. The molecule has 3 nitrogen and oxygen atoms in total. The van der Waals surface area contributed by atoms with Crippen molar-refractivity contribution in [3.05, 3.63) is 45.7 Å². The Morgan fingerprint density at radius 2 is 2.00 bits per heavy atom. The Bertz CT molecular complexity index is 576. The second-order valence-corrected chi connectivity index (χ2v) is 5.63. The fourth-order valence-corrected chi connectivity index (χ4v) is 2.18. The van der Waals surface area contributed by atoms with Gasteiger partial charge in [0.15, 0.2) is 0 Å². The Kier molecular flexibility index (Phi) is 4.38. The fourth-order valence-electron chi connectivity index (χ4n) is 1.73. The van der Waals surface area contributed by atoms with E-state index in [1.165, 1.54) is 0 Å². The molecule has 0 bridgehead atoms. The Labute approximate surface area is 123 Å². The number of aryl methyl sites for hydroxylation is 1. The first-order valence-corrected chi connectivity index (χ1v) is 6.96. The van der Waals surface area contributed by atoms with Crippen molar-refractivity contribution < 1.29 is 0 Å². The first-order chi connectivity index (χ1) is 8.97. The number of halogens is 2. The molecule has 1 aromatic carbocycles. The predicted octanol–water partition coefficient (Wildman–Crippen LogP) is 4.69. The molecule has 1 N–H and O–H groups in total. The van der Waals surface area contributed by atoms with E-state index in [2.05, 4.69) is 24.3 Å². The molecule has 0 aliphatic heterocycles. The van der Waals surface area contributed by atoms with E-state index in [9.17, 15) is 0 Å². The third kappa shape index (κ3) is 3.43. The molecule has 5 heteroatoms. The van der Waals surface area contributed by atoms with Crippen molar-refractivity contribution >= 4 is 28.9 Å². The number of benzene rings is 1. The van der Waals surface area contributed by atoms with Crippen LogP contribution in [-0.4, -0.2) is 9.78 Å². The molecule has 0 atom stereocenters. The van der Waals surface area contributed by atoms with Crippen molar-refractivity contribution in [1.82, 2.24) is 9.78 Å². The topological polar surface area (TPSA) is 29.9 Å². The smallest absolute Gasteiger partial charge is 0.0815 e. The Morgan fingerprint density at radius 1 is 1.26 bits per heavy atom. The number of rotatable bonds is 4. The minimum Gasteiger partial charge on any atom is -0.378 e. The van der Waals surface area contributed by atoms with E-state index in [1.807, 2.05) is 36.0 Å². The van der Waals surface area contributed by atoms with Crippen molar-refractivity contribution in [1.29, 1.82) is 0 Å². The Hall–Kier alpha value is -1.19. The van der Waals surface area contributed by atoms with Crippen LogP contribution in [0, 0.1) is 6.92 Å². The molecule has 0 aliphatic rings. The van der Waals surface area contributed by atoms with Gasteiger partial charge in [0, 0.05) is 17.3 Å². The number of hydrogen-bond acceptors (Lipinski definition) is 2. The van der Waals surface area contributed by atoms with Gasteiger partial charge >= 0.3 is 0 Å². The molecule has 1 heterocycles. The van der Waals surface area contributed by atoms with E-state index in [0.717, 1.165) is 16.9 Å². The summed E-state index contributed by atoms with van der Waals surface area (Å²) in [5.74, 6) is 0. The molecule has 0 fully saturated rings. The summed E-state index contributed by atoms with van der Waals surface area (Å²) in [7, 11) is 0. The van der Waals surface area contributed by atoms with Crippen LogP contribution in [0.1, 0.15) is 31.1 Å². The highest BCUT2D eigenvalue weighted by molar-refractivity contribution is 6.35. The lowest BCUT2D eigenvalue weighted by Gasteiger charge is -2.09. The maximum atomic E-state index is 6.18. The van der Waals surface area contributed by atoms with Crippen LogP contribution in [0.4, 0.5) is 5.69 Å². The highest BCUT2D eigenvalue weighted by Crippen LogP contribution is 2.29. The van der Waals surface area contributed by atoms with Gasteiger partial charge in [0.25, 0.3) is 0 Å². The van der Waals surface area contributed by atoms with Crippen LogP contribution in [0.5, 0.6) is 0 Å². The molecule has 0 saturated carbocycles. The van der Waals surface area contributed by atoms with Gasteiger partial charge in [0.2, 0.25) is 0 Å². The number of nitrogens with one attached hydrogen (secondary N) is 1. The SMILES string of the molecule is Cc1cc(Cl)c(NCc2ccn(C(C)C)n2)cc1Cl. The van der Waals surface area contributed by atoms with Crippen molar-refractivity contribution in [3.63, 3.8) is 0 Å². The second-order valence-electron chi connectivity index (χ2n) is 4.82. The van der Waals surface area contributed by atoms with Crippen LogP contribution in [0.25, 0.3) is 0 Å². The summed E-state index contributed by atoms with van der Waals surface area (Å²) < 4.78 is 1.93. The molecule has 0 saturated heterocycles. The zero-order valence-corrected chi connectivity index (χ0v) is 12.8. The molecule has 102 valence electrons. The van der Waals surface area contributed by atoms with Crippen molar-refractivity contribution in [3.8, 4) is 0 Å². The van der Waals surface area contributed by atoms with E-state index in [0.29, 0.717) is 22.6 Å². The molecule has 0 aliphatic carbocycles. The molecule has 19 heavy (non-hydrogen) atoms. The van der Waals surface area contributed by atoms with Gasteiger partial charge in [-0.15, -0.1) is 0 Å². The van der Waals surface area contributed by atoms with Crippen molar-refractivity contribution in [2.45, 2.75) is 33.4 Å². The van der Waals surface area contributed by atoms with E-state index >= 15 is 0 Å². The molecule has 1 aromatic heterocycles. The lowest BCUT2D eigenvalue weighted by Crippen LogP contribution is -2.05. The van der Waals surface area contributed by atoms with E-state index in [4.69, 9.17) is 23.2 Å². The van der Waals surface area contributed by atoms with Gasteiger partial charge in [0.05, 0.1) is 22.9 Å². The van der Waals surface area contributed by atoms with Crippen LogP contribution >= 0.6 is 23.2 Å². The molecule has 0 unspecified atom stereocenters. The largest absolute Gasteiger partial charge is 0.378 e. The molecule has 0 spiro atoms. The van der Waals surface area contributed by atoms with Crippen LogP contribution in [0.2, 0.25) is 10.0 Å². The number of nitrogens with zero attached hydrogens (tertiary/aromatic N) is 2. The number of anilines is 1. The van der Waals surface area contributed by atoms with E-state index < -0.39 is 0 Å². The highest BCUT2D eigenvalue weighted by atomic mass is 35.5. The van der Waals surface area contributed by atoms with E-state index in [-0.39, 0.29) is 0 Å². The molecular formula is C14H17Cl2N3. The molecular weight excluding hydrogens is 281 g/mol. The lowest BCUT2D eigenvalue weighted by molar-refractivity contribution is 0.527. The average Bonchev–Trinajstić information content (AvgIpc) is 2.81. The van der Waals surface area contributed by atoms with Crippen LogP contribution in [0.3, 0.4) is 0 Å². The molecule has 2 rings (SSSR count). The summed E-state index contributed by atoms with van der Waals surface area (Å²) in [6, 6.07) is 6.07. The molecule has 2 aromatic rings. The maximum absolute atomic E-state index is 6.18. The van der Waals surface area contributed by atoms with Gasteiger partial charge < -0.3 is 5.32 Å². The summed E-state index contributed by atoms with van der Waals surface area (Å²) in [5, 5.41) is 9.11. The third-order valence-electron chi connectivity index (χ3n) is 2.90. The third-order valence-corrected chi connectivity index (χ3v) is 3.62. The Morgan fingerprint density at radius 3 is 2.63 bits per heavy atom. The zero-order valence-electron chi connectivity index (χ0n) is 11.2. The number of hydrogen-bond donors (Lipinski definition) is 1. The van der Waals surface area contributed by atoms with Crippen molar-refractivity contribution in [2.24, 2.45) is 0 Å². The summed E-state index contributed by atoms with van der Waals surface area (Å²) in [5.41, 5.74) is 2.78. The first-order valence-electron chi connectivity index (χ1n) is 6.21. The minimum atomic E-state index is 0.367. The Balaban J connectivity index is 2.07. The average molecular weight is 298 g/mol. The second kappa shape index (κ2) is 5.85. The zero-order chi connectivity index (χ0) is 14.0. The summed E-state index contributed by atoms with van der Waals surface area (Å²) in [6.45, 7) is 6.75. The van der Waals surface area contributed by atoms with Gasteiger partial charge in [-0.1, -0.05) is 23.2 Å². The lowest BCUT2D eigenvalue weighted by atomic mass is 10.2. The van der Waals surface area contributed by atoms with Gasteiger partial charge in [0.1, 0.15) is 0 Å². The predicted molar refractivity (Wildman–Crippen MR) is 81.1 cm³/mol. The van der Waals surface area contributed by atoms with Gasteiger partial charge in [-0.25, -0.2) is 0 Å². The number of aromatic nitrogens is 2. The molecule has 0 amide bonds. The van der Waals surface area contributed by atoms with Gasteiger partial charge in [-0.2, -0.15) is 5.10 Å². The minimum absolute atomic E-state index is 0.367. The summed E-state index contributed by atoms with van der Waals surface area (Å²) in [4.78, 5) is 0. The quantitative estimate of drug-likeness (QED) is 0.887. The van der Waals surface area contributed by atoms with Crippen molar-refractivity contribution in [2.75, 3.05) is 5.32 Å². The van der Waals surface area contributed by atoms with Gasteiger partial charge in [-0.3, -0.25) is 4.68 Å².